The molecule has 0 amide bonds. The molecule has 4 rings (SSSR count). The molecule has 3 heterocycles. The second-order valence-electron chi connectivity index (χ2n) is 8.18. The lowest BCUT2D eigenvalue weighted by Crippen LogP contribution is -2.50. The van der Waals surface area contributed by atoms with Crippen LogP contribution in [0.25, 0.3) is 0 Å². The molecule has 3 saturated heterocycles. The average Bonchev–Trinajstić information content (AvgIpc) is 3.30. The molecule has 3 unspecified atom stereocenters. The van der Waals surface area contributed by atoms with E-state index >= 15 is 0 Å². The molecule has 3 fully saturated rings. The second-order valence-corrected chi connectivity index (χ2v) is 8.18. The fourth-order valence-corrected chi connectivity index (χ4v) is 4.71. The van der Waals surface area contributed by atoms with Gasteiger partial charge in [0.05, 0.1) is 18.8 Å². The van der Waals surface area contributed by atoms with Gasteiger partial charge in [0.2, 0.25) is 0 Å². The first-order valence-electron chi connectivity index (χ1n) is 10.3. The maximum atomic E-state index is 6.11. The Kier molecular flexibility index (Phi) is 5.95. The Bertz CT molecular complexity index is 637. The topological polar surface area (TPSA) is 43.3 Å². The van der Waals surface area contributed by atoms with Crippen molar-refractivity contribution < 1.29 is 4.74 Å². The summed E-state index contributed by atoms with van der Waals surface area (Å²) in [7, 11) is 4.10. The zero-order valence-corrected chi connectivity index (χ0v) is 16.7. The summed E-state index contributed by atoms with van der Waals surface area (Å²) in [5.41, 5.74) is 1.38. The number of likely N-dealkylation sites (tertiary alicyclic amines) is 2. The largest absolute Gasteiger partial charge is 0.373 e. The van der Waals surface area contributed by atoms with Crippen LogP contribution in [-0.2, 0) is 11.3 Å². The molecule has 6 nitrogen and oxygen atoms in total. The van der Waals surface area contributed by atoms with Crippen molar-refractivity contribution in [1.29, 1.82) is 0 Å². The van der Waals surface area contributed by atoms with Gasteiger partial charge in [0, 0.05) is 46.3 Å². The van der Waals surface area contributed by atoms with E-state index in [0.29, 0.717) is 6.04 Å². The van der Waals surface area contributed by atoms with Crippen molar-refractivity contribution in [3.63, 3.8) is 0 Å². The molecule has 1 aromatic rings. The molecule has 3 aliphatic heterocycles. The van der Waals surface area contributed by atoms with E-state index in [0.717, 1.165) is 51.2 Å². The van der Waals surface area contributed by atoms with E-state index in [1.54, 1.807) is 0 Å². The second kappa shape index (κ2) is 8.59. The minimum atomic E-state index is 0.277. The number of nitrogens with zero attached hydrogens (tertiary/aromatic N) is 4. The van der Waals surface area contributed by atoms with Crippen LogP contribution in [0.15, 0.2) is 35.3 Å². The standard InChI is InChI=1S/C21H33N5O/c1-22-21(23-12-18-8-9-24(2)13-18)26-15-19-20(16-26)27-11-10-25(19)14-17-6-4-3-5-7-17/h3-7,18-20H,8-16H2,1-2H3,(H,22,23). The van der Waals surface area contributed by atoms with Crippen LogP contribution < -0.4 is 5.32 Å². The molecule has 1 N–H and O–H groups in total. The maximum Gasteiger partial charge on any atom is 0.193 e. The Morgan fingerprint density at radius 3 is 2.78 bits per heavy atom. The Morgan fingerprint density at radius 1 is 1.19 bits per heavy atom. The lowest BCUT2D eigenvalue weighted by molar-refractivity contribution is -0.0502. The van der Waals surface area contributed by atoms with Gasteiger partial charge in [0.1, 0.15) is 0 Å². The van der Waals surface area contributed by atoms with Crippen LogP contribution in [0.4, 0.5) is 0 Å². The Labute approximate surface area is 163 Å². The van der Waals surface area contributed by atoms with Gasteiger partial charge in [-0.05, 0) is 31.5 Å². The summed E-state index contributed by atoms with van der Waals surface area (Å²) in [5.74, 6) is 1.75. The highest BCUT2D eigenvalue weighted by molar-refractivity contribution is 5.80. The van der Waals surface area contributed by atoms with Gasteiger partial charge in [0.15, 0.2) is 5.96 Å². The van der Waals surface area contributed by atoms with E-state index in [2.05, 4.69) is 62.4 Å². The molecule has 0 spiro atoms. The number of benzene rings is 1. The first-order valence-corrected chi connectivity index (χ1v) is 10.3. The highest BCUT2D eigenvalue weighted by Gasteiger charge is 2.41. The van der Waals surface area contributed by atoms with Gasteiger partial charge in [-0.1, -0.05) is 30.3 Å². The number of ether oxygens (including phenoxy) is 1. The van der Waals surface area contributed by atoms with Crippen molar-refractivity contribution in [2.24, 2.45) is 10.9 Å². The molecular formula is C21H33N5O. The molecule has 1 aromatic carbocycles. The van der Waals surface area contributed by atoms with Crippen LogP contribution >= 0.6 is 0 Å². The van der Waals surface area contributed by atoms with Gasteiger partial charge < -0.3 is 19.9 Å². The quantitative estimate of drug-likeness (QED) is 0.634. The van der Waals surface area contributed by atoms with E-state index in [1.165, 1.54) is 25.1 Å². The molecule has 0 aliphatic carbocycles. The molecule has 0 aromatic heterocycles. The molecule has 3 atom stereocenters. The summed E-state index contributed by atoms with van der Waals surface area (Å²) >= 11 is 0. The fraction of sp³-hybridized carbons (Fsp3) is 0.667. The van der Waals surface area contributed by atoms with Crippen molar-refractivity contribution >= 4 is 5.96 Å². The first kappa shape index (κ1) is 18.7. The van der Waals surface area contributed by atoms with Crippen molar-refractivity contribution in [2.75, 3.05) is 60.0 Å². The van der Waals surface area contributed by atoms with Crippen molar-refractivity contribution in [3.8, 4) is 0 Å². The van der Waals surface area contributed by atoms with E-state index < -0.39 is 0 Å². The fourth-order valence-electron chi connectivity index (χ4n) is 4.71. The number of nitrogens with one attached hydrogen (secondary N) is 1. The monoisotopic (exact) mass is 371 g/mol. The number of guanidine groups is 1. The van der Waals surface area contributed by atoms with Crippen LogP contribution in [-0.4, -0.2) is 92.8 Å². The summed E-state index contributed by atoms with van der Waals surface area (Å²) in [6.07, 6.45) is 1.55. The Balaban J connectivity index is 1.35. The van der Waals surface area contributed by atoms with Crippen LogP contribution in [0, 0.1) is 5.92 Å². The number of aliphatic imine (C=N–C) groups is 1. The smallest absolute Gasteiger partial charge is 0.193 e. The van der Waals surface area contributed by atoms with E-state index in [1.807, 2.05) is 7.05 Å². The Morgan fingerprint density at radius 2 is 2.04 bits per heavy atom. The van der Waals surface area contributed by atoms with E-state index in [-0.39, 0.29) is 6.10 Å². The maximum absolute atomic E-state index is 6.11. The van der Waals surface area contributed by atoms with Crippen LogP contribution in [0.1, 0.15) is 12.0 Å². The third-order valence-electron chi connectivity index (χ3n) is 6.19. The molecule has 27 heavy (non-hydrogen) atoms. The normalized spacial score (nSPS) is 29.9. The summed E-state index contributed by atoms with van der Waals surface area (Å²) < 4.78 is 6.11. The minimum absolute atomic E-state index is 0.277. The SMILES string of the molecule is CN=C(NCC1CCN(C)C1)N1CC2OCCN(Cc3ccccc3)C2C1. The third-order valence-corrected chi connectivity index (χ3v) is 6.19. The number of rotatable bonds is 4. The highest BCUT2D eigenvalue weighted by Crippen LogP contribution is 2.25. The zero-order chi connectivity index (χ0) is 18.6. The van der Waals surface area contributed by atoms with Crippen molar-refractivity contribution in [1.82, 2.24) is 20.0 Å². The zero-order valence-electron chi connectivity index (χ0n) is 16.7. The molecular weight excluding hydrogens is 338 g/mol. The molecule has 3 aliphatic rings. The van der Waals surface area contributed by atoms with Crippen LogP contribution in [0.2, 0.25) is 0 Å². The molecule has 0 bridgehead atoms. The van der Waals surface area contributed by atoms with Gasteiger partial charge in [-0.15, -0.1) is 0 Å². The number of hydrogen-bond acceptors (Lipinski definition) is 4. The van der Waals surface area contributed by atoms with Crippen LogP contribution in [0.3, 0.4) is 0 Å². The van der Waals surface area contributed by atoms with Crippen LogP contribution in [0.5, 0.6) is 0 Å². The van der Waals surface area contributed by atoms with Gasteiger partial charge >= 0.3 is 0 Å². The molecule has 148 valence electrons. The minimum Gasteiger partial charge on any atom is -0.373 e. The summed E-state index contributed by atoms with van der Waals surface area (Å²) in [4.78, 5) is 11.9. The Hall–Kier alpha value is -1.63. The third kappa shape index (κ3) is 4.45. The van der Waals surface area contributed by atoms with Gasteiger partial charge in [-0.25, -0.2) is 0 Å². The summed E-state index contributed by atoms with van der Waals surface area (Å²) in [6.45, 7) is 8.15. The summed E-state index contributed by atoms with van der Waals surface area (Å²) in [6, 6.07) is 11.2. The van der Waals surface area contributed by atoms with Gasteiger partial charge in [-0.2, -0.15) is 0 Å². The summed E-state index contributed by atoms with van der Waals surface area (Å²) in [5, 5.41) is 3.62. The number of fused-ring (bicyclic) bond motifs is 1. The lowest BCUT2D eigenvalue weighted by Gasteiger charge is -2.36. The predicted molar refractivity (Wildman–Crippen MR) is 109 cm³/mol. The number of morpholine rings is 1. The predicted octanol–water partition coefficient (Wildman–Crippen LogP) is 1.10. The van der Waals surface area contributed by atoms with E-state index in [9.17, 15) is 0 Å². The lowest BCUT2D eigenvalue weighted by atomic mass is 10.1. The van der Waals surface area contributed by atoms with E-state index in [4.69, 9.17) is 4.74 Å². The van der Waals surface area contributed by atoms with Gasteiger partial charge in [0.25, 0.3) is 0 Å². The average molecular weight is 372 g/mol. The molecule has 0 radical (unpaired) electrons. The number of hydrogen-bond donors (Lipinski definition) is 1. The highest BCUT2D eigenvalue weighted by atomic mass is 16.5. The van der Waals surface area contributed by atoms with Gasteiger partial charge in [-0.3, -0.25) is 9.89 Å². The molecule has 6 heteroatoms. The first-order chi connectivity index (χ1) is 13.2. The molecule has 0 saturated carbocycles. The van der Waals surface area contributed by atoms with Crippen molar-refractivity contribution in [3.05, 3.63) is 35.9 Å². The van der Waals surface area contributed by atoms with Crippen molar-refractivity contribution in [2.45, 2.75) is 25.1 Å².